The van der Waals surface area contributed by atoms with Gasteiger partial charge in [-0.15, -0.1) is 0 Å². The summed E-state index contributed by atoms with van der Waals surface area (Å²) >= 11 is 0. The van der Waals surface area contributed by atoms with Gasteiger partial charge >= 0.3 is 0 Å². The Hall–Kier alpha value is -0.840. The molecule has 2 heterocycles. The highest BCUT2D eigenvalue weighted by molar-refractivity contribution is 5.03. The summed E-state index contributed by atoms with van der Waals surface area (Å²) in [6.45, 7) is 7.61. The molecule has 84 valence electrons. The molecule has 0 spiro atoms. The van der Waals surface area contributed by atoms with Crippen LogP contribution in [0.1, 0.15) is 5.69 Å². The molecule has 0 unspecified atom stereocenters. The summed E-state index contributed by atoms with van der Waals surface area (Å²) in [7, 11) is 0. The lowest BCUT2D eigenvalue weighted by molar-refractivity contribution is 0.270. The molecule has 0 amide bonds. The summed E-state index contributed by atoms with van der Waals surface area (Å²) in [5.74, 6) is 0. The van der Waals surface area contributed by atoms with Gasteiger partial charge in [0.05, 0.1) is 0 Å². The van der Waals surface area contributed by atoms with E-state index < -0.39 is 0 Å². The first kappa shape index (κ1) is 10.7. The average molecular weight is 208 g/mol. The molecule has 1 aliphatic heterocycles. The summed E-state index contributed by atoms with van der Waals surface area (Å²) in [4.78, 5) is 5.72. The van der Waals surface area contributed by atoms with E-state index in [4.69, 9.17) is 0 Å². The van der Waals surface area contributed by atoms with E-state index in [0.29, 0.717) is 0 Å². The fourth-order valence-corrected chi connectivity index (χ4v) is 1.88. The zero-order chi connectivity index (χ0) is 10.3. The van der Waals surface area contributed by atoms with Crippen molar-refractivity contribution in [3.63, 3.8) is 0 Å². The van der Waals surface area contributed by atoms with Crippen LogP contribution in [-0.2, 0) is 6.54 Å². The Morgan fingerprint density at radius 3 is 2.40 bits per heavy atom. The van der Waals surface area contributed by atoms with Crippen LogP contribution < -0.4 is 10.6 Å². The van der Waals surface area contributed by atoms with Crippen molar-refractivity contribution in [2.24, 2.45) is 0 Å². The number of aromatic amines is 1. The van der Waals surface area contributed by atoms with Crippen LogP contribution in [0, 0.1) is 0 Å². The second-order valence-corrected chi connectivity index (χ2v) is 3.97. The summed E-state index contributed by atoms with van der Waals surface area (Å²) in [5.41, 5.74) is 1.30. The number of H-pyrrole nitrogens is 1. The van der Waals surface area contributed by atoms with Gasteiger partial charge in [0, 0.05) is 57.7 Å². The summed E-state index contributed by atoms with van der Waals surface area (Å²) < 4.78 is 0. The van der Waals surface area contributed by atoms with E-state index in [1.165, 1.54) is 5.69 Å². The van der Waals surface area contributed by atoms with E-state index >= 15 is 0 Å². The Labute approximate surface area is 91.0 Å². The van der Waals surface area contributed by atoms with Crippen LogP contribution in [0.4, 0.5) is 0 Å². The molecule has 0 bridgehead atoms. The number of hydrogen-bond acceptors (Lipinski definition) is 3. The van der Waals surface area contributed by atoms with E-state index in [1.54, 1.807) is 0 Å². The molecule has 4 heteroatoms. The molecule has 1 aromatic rings. The quantitative estimate of drug-likeness (QED) is 0.641. The van der Waals surface area contributed by atoms with Crippen LogP contribution in [0.25, 0.3) is 0 Å². The van der Waals surface area contributed by atoms with Crippen LogP contribution in [0.2, 0.25) is 0 Å². The standard InChI is InChI=1S/C11H20N4/c1-2-11(14-3-1)10-15-8-6-12-4-5-13-7-9-15/h1-3,12-14H,4-10H2. The van der Waals surface area contributed by atoms with Gasteiger partial charge in [-0.3, -0.25) is 4.90 Å². The third-order valence-corrected chi connectivity index (χ3v) is 2.74. The Bertz CT molecular complexity index is 248. The van der Waals surface area contributed by atoms with E-state index in [1.807, 2.05) is 6.20 Å². The van der Waals surface area contributed by atoms with Gasteiger partial charge in [-0.05, 0) is 12.1 Å². The maximum absolute atomic E-state index is 3.42. The van der Waals surface area contributed by atoms with Crippen molar-refractivity contribution in [1.29, 1.82) is 0 Å². The van der Waals surface area contributed by atoms with Gasteiger partial charge in [-0.25, -0.2) is 0 Å². The smallest absolute Gasteiger partial charge is 0.0386 e. The highest BCUT2D eigenvalue weighted by atomic mass is 15.2. The maximum atomic E-state index is 3.42. The van der Waals surface area contributed by atoms with Gasteiger partial charge in [0.1, 0.15) is 0 Å². The molecule has 0 radical (unpaired) electrons. The Balaban J connectivity index is 1.82. The van der Waals surface area contributed by atoms with Gasteiger partial charge in [0.15, 0.2) is 0 Å². The van der Waals surface area contributed by atoms with Gasteiger partial charge < -0.3 is 15.6 Å². The van der Waals surface area contributed by atoms with E-state index in [2.05, 4.69) is 32.7 Å². The fraction of sp³-hybridized carbons (Fsp3) is 0.636. The molecule has 2 rings (SSSR count). The van der Waals surface area contributed by atoms with Crippen LogP contribution in [0.3, 0.4) is 0 Å². The molecule has 1 saturated heterocycles. The molecule has 1 aromatic heterocycles. The van der Waals surface area contributed by atoms with Gasteiger partial charge in [0.2, 0.25) is 0 Å². The van der Waals surface area contributed by atoms with Crippen LogP contribution in [-0.4, -0.2) is 49.2 Å². The predicted octanol–water partition coefficient (Wildman–Crippen LogP) is 0.00950. The maximum Gasteiger partial charge on any atom is 0.0386 e. The first-order chi connectivity index (χ1) is 7.45. The third-order valence-electron chi connectivity index (χ3n) is 2.74. The Morgan fingerprint density at radius 1 is 1.07 bits per heavy atom. The lowest BCUT2D eigenvalue weighted by Crippen LogP contribution is -2.33. The number of nitrogens with one attached hydrogen (secondary N) is 3. The Kier molecular flexibility index (Phi) is 4.20. The van der Waals surface area contributed by atoms with Crippen molar-refractivity contribution < 1.29 is 0 Å². The second-order valence-electron chi connectivity index (χ2n) is 3.97. The van der Waals surface area contributed by atoms with Crippen LogP contribution >= 0.6 is 0 Å². The van der Waals surface area contributed by atoms with Gasteiger partial charge in [-0.2, -0.15) is 0 Å². The number of rotatable bonds is 2. The molecule has 0 atom stereocenters. The van der Waals surface area contributed by atoms with Gasteiger partial charge in [0.25, 0.3) is 0 Å². The van der Waals surface area contributed by atoms with Crippen molar-refractivity contribution in [2.45, 2.75) is 6.54 Å². The number of nitrogens with zero attached hydrogens (tertiary/aromatic N) is 1. The van der Waals surface area contributed by atoms with Crippen molar-refractivity contribution in [1.82, 2.24) is 20.5 Å². The molecule has 0 aliphatic carbocycles. The largest absolute Gasteiger partial charge is 0.364 e. The van der Waals surface area contributed by atoms with E-state index in [0.717, 1.165) is 45.8 Å². The minimum atomic E-state index is 1.02. The molecule has 4 nitrogen and oxygen atoms in total. The average Bonchev–Trinajstić information content (AvgIpc) is 2.75. The minimum absolute atomic E-state index is 1.02. The zero-order valence-corrected chi connectivity index (χ0v) is 9.13. The molecule has 15 heavy (non-hydrogen) atoms. The molecule has 1 aliphatic rings. The molecule has 0 saturated carbocycles. The van der Waals surface area contributed by atoms with Crippen LogP contribution in [0.5, 0.6) is 0 Å². The first-order valence-electron chi connectivity index (χ1n) is 5.71. The van der Waals surface area contributed by atoms with Crippen LogP contribution in [0.15, 0.2) is 18.3 Å². The summed E-state index contributed by atoms with van der Waals surface area (Å²) in [6.07, 6.45) is 1.99. The second kappa shape index (κ2) is 5.90. The van der Waals surface area contributed by atoms with Crippen molar-refractivity contribution in [3.8, 4) is 0 Å². The van der Waals surface area contributed by atoms with E-state index in [9.17, 15) is 0 Å². The normalized spacial score (nSPS) is 20.5. The summed E-state index contributed by atoms with van der Waals surface area (Å²) in [6, 6.07) is 4.20. The van der Waals surface area contributed by atoms with E-state index in [-0.39, 0.29) is 0 Å². The predicted molar refractivity (Wildman–Crippen MR) is 61.8 cm³/mol. The minimum Gasteiger partial charge on any atom is -0.364 e. The SMILES string of the molecule is c1c[nH]c(CN2CCNCCNCC2)c1. The zero-order valence-electron chi connectivity index (χ0n) is 9.13. The number of hydrogen-bond donors (Lipinski definition) is 3. The molecule has 3 N–H and O–H groups in total. The molecular formula is C11H20N4. The monoisotopic (exact) mass is 208 g/mol. The van der Waals surface area contributed by atoms with Crippen molar-refractivity contribution in [3.05, 3.63) is 24.0 Å². The highest BCUT2D eigenvalue weighted by Crippen LogP contribution is 2.00. The van der Waals surface area contributed by atoms with Crippen molar-refractivity contribution >= 4 is 0 Å². The highest BCUT2D eigenvalue weighted by Gasteiger charge is 2.07. The Morgan fingerprint density at radius 2 is 1.80 bits per heavy atom. The first-order valence-corrected chi connectivity index (χ1v) is 5.71. The van der Waals surface area contributed by atoms with Gasteiger partial charge in [-0.1, -0.05) is 0 Å². The lowest BCUT2D eigenvalue weighted by Gasteiger charge is -2.20. The molecule has 0 aromatic carbocycles. The summed E-state index contributed by atoms with van der Waals surface area (Å²) in [5, 5.41) is 6.84. The third kappa shape index (κ3) is 3.66. The van der Waals surface area contributed by atoms with Crippen molar-refractivity contribution in [2.75, 3.05) is 39.3 Å². The molecular weight excluding hydrogens is 188 g/mol. The number of aromatic nitrogens is 1. The topological polar surface area (TPSA) is 43.1 Å². The lowest BCUT2D eigenvalue weighted by atomic mass is 10.3. The molecule has 1 fully saturated rings. The fourth-order valence-electron chi connectivity index (χ4n) is 1.88.